The van der Waals surface area contributed by atoms with Gasteiger partial charge in [0, 0.05) is 25.8 Å². The summed E-state index contributed by atoms with van der Waals surface area (Å²) in [4.78, 5) is 21.7. The van der Waals surface area contributed by atoms with Gasteiger partial charge in [0.15, 0.2) is 0 Å². The molecule has 4 rings (SSSR count). The number of thiophene rings is 1. The molecule has 0 saturated carbocycles. The second-order valence-electron chi connectivity index (χ2n) is 6.80. The fourth-order valence-electron chi connectivity index (χ4n) is 3.63. The average Bonchev–Trinajstić information content (AvgIpc) is 3.24. The first-order valence-corrected chi connectivity index (χ1v) is 9.78. The van der Waals surface area contributed by atoms with Crippen molar-refractivity contribution in [3.8, 4) is 0 Å². The zero-order valence-corrected chi connectivity index (χ0v) is 14.8. The summed E-state index contributed by atoms with van der Waals surface area (Å²) in [6, 6.07) is 2.03. The molecule has 0 unspecified atom stereocenters. The molecule has 2 aliphatic heterocycles. The van der Waals surface area contributed by atoms with Gasteiger partial charge in [-0.15, -0.1) is 0 Å². The smallest absolute Gasteiger partial charge is 0.227 e. The van der Waals surface area contributed by atoms with Crippen LogP contribution in [0.3, 0.4) is 0 Å². The Bertz CT molecular complexity index is 688. The standard InChI is InChI=1S/C18H24N4OS/c23-18(10-15-4-9-24-14-15)22-8-7-21-12-16(19-17(21)13-22)11-20-5-2-1-3-6-20/h4,9,12,14H,1-3,5-8,10-11,13H2. The Morgan fingerprint density at radius 1 is 1.17 bits per heavy atom. The van der Waals surface area contributed by atoms with E-state index < -0.39 is 0 Å². The van der Waals surface area contributed by atoms with Crippen LogP contribution in [-0.2, 0) is 30.8 Å². The molecule has 0 bridgehead atoms. The monoisotopic (exact) mass is 344 g/mol. The lowest BCUT2D eigenvalue weighted by Gasteiger charge is -2.27. The number of fused-ring (bicyclic) bond motifs is 1. The molecule has 0 N–H and O–H groups in total. The van der Waals surface area contributed by atoms with Gasteiger partial charge in [0.1, 0.15) is 5.82 Å². The predicted molar refractivity (Wildman–Crippen MR) is 94.8 cm³/mol. The topological polar surface area (TPSA) is 41.4 Å². The third kappa shape index (κ3) is 3.54. The summed E-state index contributed by atoms with van der Waals surface area (Å²) in [7, 11) is 0. The fraction of sp³-hybridized carbons (Fsp3) is 0.556. The van der Waals surface area contributed by atoms with Gasteiger partial charge in [0.2, 0.25) is 5.91 Å². The summed E-state index contributed by atoms with van der Waals surface area (Å²) in [6.07, 6.45) is 6.66. The molecule has 0 aromatic carbocycles. The number of amides is 1. The number of aromatic nitrogens is 2. The zero-order valence-electron chi connectivity index (χ0n) is 14.0. The molecular weight excluding hydrogens is 320 g/mol. The van der Waals surface area contributed by atoms with E-state index in [9.17, 15) is 4.79 Å². The average molecular weight is 344 g/mol. The van der Waals surface area contributed by atoms with Crippen LogP contribution in [0, 0.1) is 0 Å². The molecular formula is C18H24N4OS. The number of likely N-dealkylation sites (tertiary alicyclic amines) is 1. The molecule has 0 spiro atoms. The number of nitrogens with zero attached hydrogens (tertiary/aromatic N) is 4. The van der Waals surface area contributed by atoms with Gasteiger partial charge in [-0.3, -0.25) is 9.69 Å². The molecule has 1 amide bonds. The fourth-order valence-corrected chi connectivity index (χ4v) is 4.30. The number of carbonyl (C=O) groups excluding carboxylic acids is 1. The molecule has 2 aliphatic rings. The van der Waals surface area contributed by atoms with Crippen LogP contribution in [0.5, 0.6) is 0 Å². The first-order valence-electron chi connectivity index (χ1n) is 8.84. The number of piperidine rings is 1. The second kappa shape index (κ2) is 7.07. The summed E-state index contributed by atoms with van der Waals surface area (Å²) in [5.74, 6) is 1.24. The third-order valence-corrected chi connectivity index (χ3v) is 5.71. The Morgan fingerprint density at radius 3 is 2.83 bits per heavy atom. The van der Waals surface area contributed by atoms with Crippen LogP contribution < -0.4 is 0 Å². The highest BCUT2D eigenvalue weighted by atomic mass is 32.1. The van der Waals surface area contributed by atoms with Crippen LogP contribution in [0.1, 0.15) is 36.3 Å². The number of carbonyl (C=O) groups is 1. The molecule has 0 aliphatic carbocycles. The van der Waals surface area contributed by atoms with Crippen molar-refractivity contribution in [1.82, 2.24) is 19.4 Å². The highest BCUT2D eigenvalue weighted by molar-refractivity contribution is 7.07. The SMILES string of the molecule is O=C(Cc1ccsc1)N1CCn2cc(CN3CCCCC3)nc2C1. The summed E-state index contributed by atoms with van der Waals surface area (Å²) >= 11 is 1.64. The maximum absolute atomic E-state index is 12.5. The molecule has 0 atom stereocenters. The molecule has 5 nitrogen and oxygen atoms in total. The molecule has 1 fully saturated rings. The summed E-state index contributed by atoms with van der Waals surface area (Å²) in [5, 5.41) is 4.08. The summed E-state index contributed by atoms with van der Waals surface area (Å²) in [5.41, 5.74) is 2.27. The van der Waals surface area contributed by atoms with E-state index in [1.165, 1.54) is 32.4 Å². The van der Waals surface area contributed by atoms with Crippen molar-refractivity contribution in [3.05, 3.63) is 40.1 Å². The van der Waals surface area contributed by atoms with Gasteiger partial charge < -0.3 is 9.47 Å². The van der Waals surface area contributed by atoms with Gasteiger partial charge in [-0.1, -0.05) is 6.42 Å². The van der Waals surface area contributed by atoms with Crippen LogP contribution >= 0.6 is 11.3 Å². The van der Waals surface area contributed by atoms with E-state index in [1.807, 2.05) is 16.3 Å². The molecule has 2 aromatic heterocycles. The minimum Gasteiger partial charge on any atom is -0.333 e. The van der Waals surface area contributed by atoms with E-state index in [0.717, 1.165) is 36.7 Å². The maximum Gasteiger partial charge on any atom is 0.227 e. The van der Waals surface area contributed by atoms with Crippen LogP contribution in [0.25, 0.3) is 0 Å². The van der Waals surface area contributed by atoms with Crippen molar-refractivity contribution in [1.29, 1.82) is 0 Å². The van der Waals surface area contributed by atoms with E-state index in [2.05, 4.69) is 21.0 Å². The summed E-state index contributed by atoms with van der Waals surface area (Å²) < 4.78 is 2.23. The molecule has 6 heteroatoms. The van der Waals surface area contributed by atoms with E-state index in [1.54, 1.807) is 11.3 Å². The van der Waals surface area contributed by atoms with Crippen molar-refractivity contribution in [2.45, 2.75) is 45.3 Å². The lowest BCUT2D eigenvalue weighted by molar-refractivity contribution is -0.132. The Labute approximate surface area is 146 Å². The Hall–Kier alpha value is -1.66. The van der Waals surface area contributed by atoms with Gasteiger partial charge in [-0.2, -0.15) is 11.3 Å². The highest BCUT2D eigenvalue weighted by Gasteiger charge is 2.23. The normalized spacial score (nSPS) is 18.6. The molecule has 4 heterocycles. The first-order chi connectivity index (χ1) is 11.8. The molecule has 24 heavy (non-hydrogen) atoms. The number of hydrogen-bond donors (Lipinski definition) is 0. The lowest BCUT2D eigenvalue weighted by Crippen LogP contribution is -2.39. The van der Waals surface area contributed by atoms with Crippen molar-refractivity contribution in [2.24, 2.45) is 0 Å². The Kier molecular flexibility index (Phi) is 4.67. The molecule has 1 saturated heterocycles. The van der Waals surface area contributed by atoms with E-state index in [4.69, 9.17) is 4.98 Å². The van der Waals surface area contributed by atoms with Crippen molar-refractivity contribution < 1.29 is 4.79 Å². The van der Waals surface area contributed by atoms with Crippen molar-refractivity contribution in [2.75, 3.05) is 19.6 Å². The second-order valence-corrected chi connectivity index (χ2v) is 7.58. The van der Waals surface area contributed by atoms with Gasteiger partial charge in [-0.25, -0.2) is 4.98 Å². The van der Waals surface area contributed by atoms with E-state index in [-0.39, 0.29) is 5.91 Å². The Morgan fingerprint density at radius 2 is 2.04 bits per heavy atom. The zero-order chi connectivity index (χ0) is 16.4. The van der Waals surface area contributed by atoms with Gasteiger partial charge >= 0.3 is 0 Å². The predicted octanol–water partition coefficient (Wildman–Crippen LogP) is 2.52. The van der Waals surface area contributed by atoms with Crippen molar-refractivity contribution >= 4 is 17.2 Å². The number of hydrogen-bond acceptors (Lipinski definition) is 4. The minimum absolute atomic E-state index is 0.209. The first kappa shape index (κ1) is 15.8. The van der Waals surface area contributed by atoms with Crippen LogP contribution in [0.4, 0.5) is 0 Å². The van der Waals surface area contributed by atoms with E-state index in [0.29, 0.717) is 13.0 Å². The van der Waals surface area contributed by atoms with Gasteiger partial charge in [0.05, 0.1) is 18.7 Å². The number of rotatable bonds is 4. The van der Waals surface area contributed by atoms with Crippen LogP contribution in [-0.4, -0.2) is 44.9 Å². The molecule has 2 aromatic rings. The van der Waals surface area contributed by atoms with Crippen molar-refractivity contribution in [3.63, 3.8) is 0 Å². The largest absolute Gasteiger partial charge is 0.333 e. The number of imidazole rings is 1. The summed E-state index contributed by atoms with van der Waals surface area (Å²) in [6.45, 7) is 5.61. The quantitative estimate of drug-likeness (QED) is 0.856. The van der Waals surface area contributed by atoms with Crippen LogP contribution in [0.15, 0.2) is 23.0 Å². The lowest BCUT2D eigenvalue weighted by atomic mass is 10.1. The molecule has 0 radical (unpaired) electrons. The van der Waals surface area contributed by atoms with Gasteiger partial charge in [-0.05, 0) is 48.3 Å². The van der Waals surface area contributed by atoms with E-state index >= 15 is 0 Å². The Balaban J connectivity index is 1.38. The minimum atomic E-state index is 0.209. The third-order valence-electron chi connectivity index (χ3n) is 4.97. The van der Waals surface area contributed by atoms with Crippen LogP contribution in [0.2, 0.25) is 0 Å². The molecule has 128 valence electrons. The highest BCUT2D eigenvalue weighted by Crippen LogP contribution is 2.18. The van der Waals surface area contributed by atoms with Gasteiger partial charge in [0.25, 0.3) is 0 Å². The maximum atomic E-state index is 12.5.